The first-order chi connectivity index (χ1) is 9.42. The Morgan fingerprint density at radius 3 is 2.53 bits per heavy atom. The number of rotatable bonds is 5. The maximum atomic E-state index is 5.59. The Morgan fingerprint density at radius 2 is 1.89 bits per heavy atom. The highest BCUT2D eigenvalue weighted by molar-refractivity contribution is 5.12. The van der Waals surface area contributed by atoms with Crippen molar-refractivity contribution in [3.05, 3.63) is 11.8 Å². The molecule has 0 saturated heterocycles. The van der Waals surface area contributed by atoms with Crippen molar-refractivity contribution in [1.82, 2.24) is 5.32 Å². The Balaban J connectivity index is 1.99. The van der Waals surface area contributed by atoms with E-state index in [2.05, 4.69) is 18.5 Å². The number of ether oxygens (including phenoxy) is 1. The van der Waals surface area contributed by atoms with Crippen LogP contribution in [-0.2, 0) is 4.74 Å². The summed E-state index contributed by atoms with van der Waals surface area (Å²) in [6.45, 7) is 4.31. The molecule has 1 heterocycles. The van der Waals surface area contributed by atoms with Gasteiger partial charge in [0, 0.05) is 6.04 Å². The van der Waals surface area contributed by atoms with Gasteiger partial charge >= 0.3 is 0 Å². The van der Waals surface area contributed by atoms with Crippen LogP contribution in [0.2, 0.25) is 0 Å². The average molecular weight is 265 g/mol. The van der Waals surface area contributed by atoms with Gasteiger partial charge in [-0.15, -0.1) is 0 Å². The first-order valence-corrected chi connectivity index (χ1v) is 8.45. The topological polar surface area (TPSA) is 21.3 Å². The molecule has 1 unspecified atom stereocenters. The van der Waals surface area contributed by atoms with Crippen molar-refractivity contribution < 1.29 is 4.74 Å². The van der Waals surface area contributed by atoms with Crippen LogP contribution in [0.3, 0.4) is 0 Å². The number of hydrogen-bond donors (Lipinski definition) is 1. The molecule has 1 aliphatic heterocycles. The fraction of sp³-hybridized carbons (Fsp3) is 0.882. The van der Waals surface area contributed by atoms with Crippen molar-refractivity contribution in [2.45, 2.75) is 77.2 Å². The van der Waals surface area contributed by atoms with Crippen LogP contribution in [0.25, 0.3) is 0 Å². The SMILES string of the molecule is CCCNC(C1=COCCC1)C1CCCCCCC1. The molecule has 0 aromatic heterocycles. The third kappa shape index (κ3) is 4.83. The van der Waals surface area contributed by atoms with Crippen molar-refractivity contribution in [3.8, 4) is 0 Å². The minimum Gasteiger partial charge on any atom is -0.501 e. The quantitative estimate of drug-likeness (QED) is 0.795. The van der Waals surface area contributed by atoms with Crippen LogP contribution in [0.15, 0.2) is 11.8 Å². The molecule has 0 aromatic carbocycles. The molecule has 19 heavy (non-hydrogen) atoms. The third-order valence-corrected chi connectivity index (χ3v) is 4.60. The van der Waals surface area contributed by atoms with Crippen LogP contribution in [0.5, 0.6) is 0 Å². The molecule has 2 aliphatic rings. The van der Waals surface area contributed by atoms with Crippen molar-refractivity contribution in [2.24, 2.45) is 5.92 Å². The van der Waals surface area contributed by atoms with E-state index in [9.17, 15) is 0 Å². The van der Waals surface area contributed by atoms with Crippen molar-refractivity contribution >= 4 is 0 Å². The van der Waals surface area contributed by atoms with Crippen LogP contribution in [0, 0.1) is 5.92 Å². The van der Waals surface area contributed by atoms with Gasteiger partial charge in [-0.1, -0.05) is 39.0 Å². The fourth-order valence-corrected chi connectivity index (χ4v) is 3.53. The summed E-state index contributed by atoms with van der Waals surface area (Å²) >= 11 is 0. The third-order valence-electron chi connectivity index (χ3n) is 4.60. The Bertz CT molecular complexity index is 266. The van der Waals surface area contributed by atoms with Gasteiger partial charge in [0.25, 0.3) is 0 Å². The number of hydrogen-bond acceptors (Lipinski definition) is 2. The zero-order valence-corrected chi connectivity index (χ0v) is 12.6. The molecular formula is C17H31NO. The summed E-state index contributed by atoms with van der Waals surface area (Å²) in [6, 6.07) is 0.582. The lowest BCUT2D eigenvalue weighted by Gasteiger charge is -2.32. The predicted octanol–water partition coefficient (Wildman–Crippen LogP) is 4.41. The van der Waals surface area contributed by atoms with E-state index in [1.807, 2.05) is 0 Å². The lowest BCUT2D eigenvalue weighted by atomic mass is 9.81. The minimum atomic E-state index is 0.582. The van der Waals surface area contributed by atoms with Crippen LogP contribution in [0.1, 0.15) is 71.1 Å². The van der Waals surface area contributed by atoms with Gasteiger partial charge in [0.1, 0.15) is 0 Å². The molecule has 0 bridgehead atoms. The summed E-state index contributed by atoms with van der Waals surface area (Å²) in [5.41, 5.74) is 1.53. The summed E-state index contributed by atoms with van der Waals surface area (Å²) < 4.78 is 5.59. The molecule has 0 radical (unpaired) electrons. The van der Waals surface area contributed by atoms with E-state index in [4.69, 9.17) is 4.74 Å². The highest BCUT2D eigenvalue weighted by Gasteiger charge is 2.25. The van der Waals surface area contributed by atoms with Crippen LogP contribution < -0.4 is 5.32 Å². The van der Waals surface area contributed by atoms with Gasteiger partial charge in [-0.05, 0) is 50.1 Å². The summed E-state index contributed by atoms with van der Waals surface area (Å²) in [4.78, 5) is 0. The molecule has 1 saturated carbocycles. The van der Waals surface area contributed by atoms with Crippen molar-refractivity contribution in [3.63, 3.8) is 0 Å². The molecule has 1 fully saturated rings. The Labute approximate surface area is 119 Å². The molecule has 0 amide bonds. The van der Waals surface area contributed by atoms with E-state index in [0.29, 0.717) is 6.04 Å². The van der Waals surface area contributed by atoms with Gasteiger partial charge in [0.2, 0.25) is 0 Å². The van der Waals surface area contributed by atoms with Gasteiger partial charge in [-0.2, -0.15) is 0 Å². The maximum absolute atomic E-state index is 5.59. The van der Waals surface area contributed by atoms with Gasteiger partial charge in [-0.25, -0.2) is 0 Å². The van der Waals surface area contributed by atoms with Gasteiger partial charge < -0.3 is 10.1 Å². The van der Waals surface area contributed by atoms with E-state index in [-0.39, 0.29) is 0 Å². The van der Waals surface area contributed by atoms with E-state index in [0.717, 1.165) is 19.1 Å². The monoisotopic (exact) mass is 265 g/mol. The van der Waals surface area contributed by atoms with E-state index in [1.165, 1.54) is 69.8 Å². The van der Waals surface area contributed by atoms with Crippen LogP contribution in [0.4, 0.5) is 0 Å². The smallest absolute Gasteiger partial charge is 0.0876 e. The molecule has 1 atom stereocenters. The normalized spacial score (nSPS) is 23.9. The largest absolute Gasteiger partial charge is 0.501 e. The summed E-state index contributed by atoms with van der Waals surface area (Å²) in [7, 11) is 0. The molecule has 0 aromatic rings. The summed E-state index contributed by atoms with van der Waals surface area (Å²) in [5, 5.41) is 3.81. The second kappa shape index (κ2) is 8.63. The van der Waals surface area contributed by atoms with E-state index < -0.39 is 0 Å². The van der Waals surface area contributed by atoms with Crippen LogP contribution in [-0.4, -0.2) is 19.2 Å². The Hall–Kier alpha value is -0.500. The highest BCUT2D eigenvalue weighted by atomic mass is 16.5. The van der Waals surface area contributed by atoms with Gasteiger partial charge in [0.05, 0.1) is 12.9 Å². The molecule has 1 N–H and O–H groups in total. The zero-order valence-electron chi connectivity index (χ0n) is 12.6. The van der Waals surface area contributed by atoms with Gasteiger partial charge in [-0.3, -0.25) is 0 Å². The molecule has 110 valence electrons. The molecule has 2 rings (SSSR count). The highest BCUT2D eigenvalue weighted by Crippen LogP contribution is 2.30. The predicted molar refractivity (Wildman–Crippen MR) is 81.2 cm³/mol. The minimum absolute atomic E-state index is 0.582. The lowest BCUT2D eigenvalue weighted by molar-refractivity contribution is 0.209. The van der Waals surface area contributed by atoms with Crippen LogP contribution >= 0.6 is 0 Å². The first kappa shape index (κ1) is 14.9. The van der Waals surface area contributed by atoms with Crippen molar-refractivity contribution in [2.75, 3.05) is 13.2 Å². The second-order valence-electron chi connectivity index (χ2n) is 6.20. The Morgan fingerprint density at radius 1 is 1.16 bits per heavy atom. The Kier molecular flexibility index (Phi) is 6.77. The second-order valence-corrected chi connectivity index (χ2v) is 6.20. The molecule has 2 nitrogen and oxygen atoms in total. The van der Waals surface area contributed by atoms with E-state index in [1.54, 1.807) is 0 Å². The molecule has 2 heteroatoms. The lowest BCUT2D eigenvalue weighted by Crippen LogP contribution is -2.39. The molecule has 1 aliphatic carbocycles. The number of nitrogens with one attached hydrogen (secondary N) is 1. The summed E-state index contributed by atoms with van der Waals surface area (Å²) in [5.74, 6) is 0.833. The standard InChI is InChI=1S/C17H31NO/c1-2-12-18-17(16-11-8-13-19-14-16)15-9-6-4-3-5-7-10-15/h14-15,17-18H,2-13H2,1H3. The average Bonchev–Trinajstić information content (AvgIpc) is 2.42. The first-order valence-electron chi connectivity index (χ1n) is 8.45. The summed E-state index contributed by atoms with van der Waals surface area (Å²) in [6.07, 6.45) is 15.7. The zero-order chi connectivity index (χ0) is 13.3. The van der Waals surface area contributed by atoms with Gasteiger partial charge in [0.15, 0.2) is 0 Å². The fourth-order valence-electron chi connectivity index (χ4n) is 3.53. The van der Waals surface area contributed by atoms with E-state index >= 15 is 0 Å². The molecule has 0 spiro atoms. The molecular weight excluding hydrogens is 234 g/mol. The maximum Gasteiger partial charge on any atom is 0.0876 e. The van der Waals surface area contributed by atoms with Crippen molar-refractivity contribution in [1.29, 1.82) is 0 Å².